The number of hydrogen-bond donors (Lipinski definition) is 4. The Hall–Kier alpha value is -2.84. The number of aliphatic hydroxyl groups excluding tert-OH is 2. The fourth-order valence-electron chi connectivity index (χ4n) is 4.44. The van der Waals surface area contributed by atoms with Crippen LogP contribution in [0.4, 0.5) is 0 Å². The van der Waals surface area contributed by atoms with Crippen LogP contribution in [0.2, 0.25) is 0 Å². The van der Waals surface area contributed by atoms with Gasteiger partial charge in [0, 0.05) is 24.7 Å². The average Bonchev–Trinajstić information content (AvgIpc) is 2.77. The first-order valence-corrected chi connectivity index (χ1v) is 9.58. The minimum Gasteiger partial charge on any atom is -0.502 e. The van der Waals surface area contributed by atoms with E-state index in [2.05, 4.69) is 0 Å². The summed E-state index contributed by atoms with van der Waals surface area (Å²) in [6.07, 6.45) is 0.479. The minimum atomic E-state index is -0.467. The predicted molar refractivity (Wildman–Crippen MR) is 109 cm³/mol. The molecule has 8 nitrogen and oxygen atoms in total. The smallest absolute Gasteiger partial charge is 0.201 e. The van der Waals surface area contributed by atoms with E-state index in [-0.39, 0.29) is 59.5 Å². The molecule has 0 radical (unpaired) electrons. The molecule has 0 saturated heterocycles. The van der Waals surface area contributed by atoms with Crippen molar-refractivity contribution in [1.82, 2.24) is 0 Å². The van der Waals surface area contributed by atoms with E-state index in [1.54, 1.807) is 18.2 Å². The molecule has 4 N–H and O–H groups in total. The van der Waals surface area contributed by atoms with Gasteiger partial charge < -0.3 is 39.4 Å². The Morgan fingerprint density at radius 2 is 1.37 bits per heavy atom. The first-order valence-electron chi connectivity index (χ1n) is 9.58. The molecule has 0 bridgehead atoms. The quantitative estimate of drug-likeness (QED) is 0.538. The topological polar surface area (TPSA) is 118 Å². The standard InChI is InChI=1S/C22H28O8/c1-27-15-7-12(8-16(28-2)20(15)25)18-14(10-24)13(9-23)5-11-6-17(29-3)21(26)22(30-4)19(11)18/h6-8,13-14,18,23-26H,5,9-10H2,1-4H3/t13-,14-,18+/m0/s1. The van der Waals surface area contributed by atoms with Gasteiger partial charge in [-0.1, -0.05) is 0 Å². The maximum Gasteiger partial charge on any atom is 0.201 e. The van der Waals surface area contributed by atoms with Crippen LogP contribution in [0, 0.1) is 11.8 Å². The lowest BCUT2D eigenvalue weighted by atomic mass is 9.66. The molecule has 0 aliphatic heterocycles. The highest BCUT2D eigenvalue weighted by Gasteiger charge is 2.41. The van der Waals surface area contributed by atoms with Gasteiger partial charge in [0.2, 0.25) is 11.5 Å². The first kappa shape index (κ1) is 21.9. The summed E-state index contributed by atoms with van der Waals surface area (Å²) in [6, 6.07) is 5.05. The Morgan fingerprint density at radius 3 is 1.83 bits per heavy atom. The minimum absolute atomic E-state index is 0.126. The average molecular weight is 420 g/mol. The van der Waals surface area contributed by atoms with E-state index in [0.717, 1.165) is 5.56 Å². The molecule has 2 aromatic carbocycles. The highest BCUT2D eigenvalue weighted by Crippen LogP contribution is 2.54. The molecule has 0 heterocycles. The number of aromatic hydroxyl groups is 2. The summed E-state index contributed by atoms with van der Waals surface area (Å²) in [5.41, 5.74) is 2.21. The van der Waals surface area contributed by atoms with E-state index in [4.69, 9.17) is 18.9 Å². The van der Waals surface area contributed by atoms with Crippen LogP contribution < -0.4 is 18.9 Å². The number of methoxy groups -OCH3 is 4. The molecule has 1 aliphatic rings. The molecule has 0 aromatic heterocycles. The first-order chi connectivity index (χ1) is 14.4. The van der Waals surface area contributed by atoms with E-state index in [0.29, 0.717) is 17.5 Å². The molecule has 0 spiro atoms. The van der Waals surface area contributed by atoms with Gasteiger partial charge in [-0.25, -0.2) is 0 Å². The van der Waals surface area contributed by atoms with E-state index in [9.17, 15) is 20.4 Å². The lowest BCUT2D eigenvalue weighted by molar-refractivity contribution is 0.0999. The number of fused-ring (bicyclic) bond motifs is 1. The molecule has 0 amide bonds. The second kappa shape index (κ2) is 8.89. The van der Waals surface area contributed by atoms with Crippen molar-refractivity contribution in [3.63, 3.8) is 0 Å². The molecule has 0 saturated carbocycles. The molecule has 0 unspecified atom stereocenters. The fraction of sp³-hybridized carbons (Fsp3) is 0.455. The van der Waals surface area contributed by atoms with E-state index in [1.807, 2.05) is 0 Å². The fourth-order valence-corrected chi connectivity index (χ4v) is 4.44. The van der Waals surface area contributed by atoms with Gasteiger partial charge in [0.05, 0.1) is 28.4 Å². The van der Waals surface area contributed by atoms with Crippen molar-refractivity contribution in [1.29, 1.82) is 0 Å². The van der Waals surface area contributed by atoms with Crippen molar-refractivity contribution in [2.75, 3.05) is 41.7 Å². The van der Waals surface area contributed by atoms with Crippen LogP contribution in [-0.2, 0) is 6.42 Å². The molecule has 0 fully saturated rings. The molecule has 1 aliphatic carbocycles. The summed E-state index contributed by atoms with van der Waals surface area (Å²) in [7, 11) is 5.78. The SMILES string of the molecule is COc1cc([C@H]2c3c(cc(OC)c(O)c3OC)C[C@@H](CO)[C@@H]2CO)cc(OC)c1O. The van der Waals surface area contributed by atoms with Crippen molar-refractivity contribution in [2.45, 2.75) is 12.3 Å². The number of phenolic OH excluding ortho intramolecular Hbond substituents is 2. The zero-order chi connectivity index (χ0) is 22.0. The van der Waals surface area contributed by atoms with Crippen LogP contribution in [0.15, 0.2) is 18.2 Å². The van der Waals surface area contributed by atoms with Gasteiger partial charge >= 0.3 is 0 Å². The van der Waals surface area contributed by atoms with Crippen molar-refractivity contribution in [3.8, 4) is 34.5 Å². The van der Waals surface area contributed by atoms with Gasteiger partial charge in [-0.3, -0.25) is 0 Å². The molecular formula is C22H28O8. The third-order valence-corrected chi connectivity index (χ3v) is 5.90. The highest BCUT2D eigenvalue weighted by atomic mass is 16.5. The predicted octanol–water partition coefficient (Wildman–Crippen LogP) is 2.04. The molecule has 2 aromatic rings. The van der Waals surface area contributed by atoms with Gasteiger partial charge in [-0.2, -0.15) is 0 Å². The molecule has 30 heavy (non-hydrogen) atoms. The Morgan fingerprint density at radius 1 is 0.800 bits per heavy atom. The van der Waals surface area contributed by atoms with Gasteiger partial charge in [-0.15, -0.1) is 0 Å². The van der Waals surface area contributed by atoms with E-state index < -0.39 is 5.92 Å². The number of phenols is 2. The largest absolute Gasteiger partial charge is 0.502 e. The second-order valence-electron chi connectivity index (χ2n) is 7.28. The number of rotatable bonds is 7. The summed E-state index contributed by atoms with van der Waals surface area (Å²) in [6.45, 7) is -0.324. The van der Waals surface area contributed by atoms with E-state index >= 15 is 0 Å². The Labute approximate surface area is 175 Å². The number of ether oxygens (including phenoxy) is 4. The summed E-state index contributed by atoms with van der Waals surface area (Å²) >= 11 is 0. The molecular weight excluding hydrogens is 392 g/mol. The van der Waals surface area contributed by atoms with Gasteiger partial charge in [-0.05, 0) is 47.6 Å². The monoisotopic (exact) mass is 420 g/mol. The summed E-state index contributed by atoms with van der Waals surface area (Å²) in [5, 5.41) is 41.3. The van der Waals surface area contributed by atoms with Crippen LogP contribution >= 0.6 is 0 Å². The molecule has 3 rings (SSSR count). The lowest BCUT2D eigenvalue weighted by Crippen LogP contribution is -2.35. The van der Waals surface area contributed by atoms with Gasteiger partial charge in [0.25, 0.3) is 0 Å². The normalized spacial score (nSPS) is 20.4. The summed E-state index contributed by atoms with van der Waals surface area (Å²) in [4.78, 5) is 0. The zero-order valence-corrected chi connectivity index (χ0v) is 17.5. The van der Waals surface area contributed by atoms with Gasteiger partial charge in [0.15, 0.2) is 23.0 Å². The van der Waals surface area contributed by atoms with Crippen molar-refractivity contribution >= 4 is 0 Å². The Kier molecular flexibility index (Phi) is 6.48. The van der Waals surface area contributed by atoms with Crippen LogP contribution in [-0.4, -0.2) is 62.1 Å². The summed E-state index contributed by atoms with van der Waals surface area (Å²) in [5.74, 6) is -0.411. The molecule has 164 valence electrons. The number of benzene rings is 2. The number of aliphatic hydroxyl groups is 2. The third kappa shape index (κ3) is 3.46. The van der Waals surface area contributed by atoms with Crippen LogP contribution in [0.1, 0.15) is 22.6 Å². The Balaban J connectivity index is 2.34. The lowest BCUT2D eigenvalue weighted by Gasteiger charge is -2.39. The van der Waals surface area contributed by atoms with Crippen molar-refractivity contribution < 1.29 is 39.4 Å². The van der Waals surface area contributed by atoms with Crippen LogP contribution in [0.3, 0.4) is 0 Å². The Bertz CT molecular complexity index is 885. The van der Waals surface area contributed by atoms with Crippen LogP contribution in [0.25, 0.3) is 0 Å². The van der Waals surface area contributed by atoms with E-state index in [1.165, 1.54) is 28.4 Å². The van der Waals surface area contributed by atoms with Gasteiger partial charge in [0.1, 0.15) is 0 Å². The maximum atomic E-state index is 10.7. The second-order valence-corrected chi connectivity index (χ2v) is 7.28. The summed E-state index contributed by atoms with van der Waals surface area (Å²) < 4.78 is 21.4. The third-order valence-electron chi connectivity index (χ3n) is 5.90. The molecule has 3 atom stereocenters. The van der Waals surface area contributed by atoms with Crippen molar-refractivity contribution in [3.05, 3.63) is 34.9 Å². The maximum absolute atomic E-state index is 10.7. The zero-order valence-electron chi connectivity index (χ0n) is 17.5. The van der Waals surface area contributed by atoms with Crippen LogP contribution in [0.5, 0.6) is 34.5 Å². The molecule has 8 heteroatoms. The van der Waals surface area contributed by atoms with Crippen molar-refractivity contribution in [2.24, 2.45) is 11.8 Å². The highest BCUT2D eigenvalue weighted by molar-refractivity contribution is 5.64. The number of hydrogen-bond acceptors (Lipinski definition) is 8.